The van der Waals surface area contributed by atoms with Gasteiger partial charge in [0.15, 0.2) is 11.5 Å². The van der Waals surface area contributed by atoms with Crippen LogP contribution in [0.4, 0.5) is 5.82 Å². The summed E-state index contributed by atoms with van der Waals surface area (Å²) in [4.78, 5) is 10.2. The summed E-state index contributed by atoms with van der Waals surface area (Å²) in [6, 6.07) is 6.06. The third-order valence-corrected chi connectivity index (χ3v) is 4.53. The van der Waals surface area contributed by atoms with Crippen molar-refractivity contribution < 1.29 is 0 Å². The van der Waals surface area contributed by atoms with Gasteiger partial charge in [0.1, 0.15) is 16.5 Å². The third-order valence-electron chi connectivity index (χ3n) is 3.72. The molecule has 0 radical (unpaired) electrons. The maximum absolute atomic E-state index is 4.62. The zero-order chi connectivity index (χ0) is 15.8. The molecule has 6 nitrogen and oxygen atoms in total. The number of pyridine rings is 1. The molecule has 1 N–H and O–H groups in total. The van der Waals surface area contributed by atoms with Gasteiger partial charge in [0.25, 0.3) is 0 Å². The van der Waals surface area contributed by atoms with E-state index in [0.717, 1.165) is 39.8 Å². The number of rotatable bonds is 4. The highest BCUT2D eigenvalue weighted by atomic mass is 32.1. The molecule has 4 aromatic rings. The molecular weight excluding hydrogens is 308 g/mol. The van der Waals surface area contributed by atoms with Crippen LogP contribution in [0.25, 0.3) is 15.9 Å². The Morgan fingerprint density at radius 2 is 2.09 bits per heavy atom. The summed E-state index contributed by atoms with van der Waals surface area (Å²) in [5.41, 5.74) is 2.03. The molecule has 0 aliphatic carbocycles. The molecule has 0 unspecified atom stereocenters. The van der Waals surface area contributed by atoms with E-state index in [2.05, 4.69) is 39.3 Å². The molecule has 4 heterocycles. The molecule has 0 aliphatic rings. The topological polar surface area (TPSA) is 68.0 Å². The molecule has 0 saturated carbocycles. The predicted molar refractivity (Wildman–Crippen MR) is 91.8 cm³/mol. The molecule has 4 aromatic heterocycles. The SMILES string of the molecule is CCc1nc(NCc2nnc3ccc(C)cn23)c2ccsc2n1. The summed E-state index contributed by atoms with van der Waals surface area (Å²) in [6.45, 7) is 4.69. The highest BCUT2D eigenvalue weighted by Gasteiger charge is 2.10. The van der Waals surface area contributed by atoms with Crippen LogP contribution in [-0.2, 0) is 13.0 Å². The van der Waals surface area contributed by atoms with Gasteiger partial charge in [-0.15, -0.1) is 21.5 Å². The van der Waals surface area contributed by atoms with Crippen molar-refractivity contribution in [2.75, 3.05) is 5.32 Å². The van der Waals surface area contributed by atoms with Crippen molar-refractivity contribution in [3.8, 4) is 0 Å². The van der Waals surface area contributed by atoms with E-state index in [1.165, 1.54) is 5.56 Å². The Labute approximate surface area is 137 Å². The first-order chi connectivity index (χ1) is 11.2. The monoisotopic (exact) mass is 324 g/mol. The van der Waals surface area contributed by atoms with Gasteiger partial charge >= 0.3 is 0 Å². The van der Waals surface area contributed by atoms with Gasteiger partial charge < -0.3 is 5.32 Å². The van der Waals surface area contributed by atoms with E-state index in [9.17, 15) is 0 Å². The molecule has 0 saturated heterocycles. The average Bonchev–Trinajstić information content (AvgIpc) is 3.18. The summed E-state index contributed by atoms with van der Waals surface area (Å²) in [5, 5.41) is 15.0. The third kappa shape index (κ3) is 2.53. The zero-order valence-electron chi connectivity index (χ0n) is 12.9. The fourth-order valence-electron chi connectivity index (χ4n) is 2.52. The molecule has 0 fully saturated rings. The molecule has 0 atom stereocenters. The number of fused-ring (bicyclic) bond motifs is 2. The summed E-state index contributed by atoms with van der Waals surface area (Å²) < 4.78 is 2.01. The minimum atomic E-state index is 0.565. The highest BCUT2D eigenvalue weighted by Crippen LogP contribution is 2.25. The summed E-state index contributed by atoms with van der Waals surface area (Å²) in [5.74, 6) is 2.57. The Bertz CT molecular complexity index is 987. The lowest BCUT2D eigenvalue weighted by Gasteiger charge is -2.07. The molecule has 0 bridgehead atoms. The van der Waals surface area contributed by atoms with Crippen molar-refractivity contribution in [2.45, 2.75) is 26.8 Å². The summed E-state index contributed by atoms with van der Waals surface area (Å²) in [6.07, 6.45) is 2.86. The fraction of sp³-hybridized carbons (Fsp3) is 0.250. The molecule has 0 amide bonds. The van der Waals surface area contributed by atoms with E-state index in [1.54, 1.807) is 11.3 Å². The minimum Gasteiger partial charge on any atom is -0.362 e. The Hall–Kier alpha value is -2.54. The van der Waals surface area contributed by atoms with Gasteiger partial charge in [-0.1, -0.05) is 13.0 Å². The Balaban J connectivity index is 1.68. The van der Waals surface area contributed by atoms with Crippen LogP contribution >= 0.6 is 11.3 Å². The van der Waals surface area contributed by atoms with E-state index in [0.29, 0.717) is 6.54 Å². The van der Waals surface area contributed by atoms with Crippen LogP contribution in [0, 0.1) is 6.92 Å². The number of aryl methyl sites for hydroxylation is 2. The fourth-order valence-corrected chi connectivity index (χ4v) is 3.30. The van der Waals surface area contributed by atoms with E-state index in [1.807, 2.05) is 34.2 Å². The Kier molecular flexibility index (Phi) is 3.42. The number of anilines is 1. The number of hydrogen-bond acceptors (Lipinski definition) is 6. The molecule has 0 aliphatic heterocycles. The number of nitrogens with zero attached hydrogens (tertiary/aromatic N) is 5. The van der Waals surface area contributed by atoms with Crippen LogP contribution in [-0.4, -0.2) is 24.6 Å². The first-order valence-corrected chi connectivity index (χ1v) is 8.41. The van der Waals surface area contributed by atoms with Gasteiger partial charge in [-0.2, -0.15) is 0 Å². The summed E-state index contributed by atoms with van der Waals surface area (Å²) in [7, 11) is 0. The smallest absolute Gasteiger partial charge is 0.160 e. The van der Waals surface area contributed by atoms with Crippen molar-refractivity contribution in [1.82, 2.24) is 24.6 Å². The van der Waals surface area contributed by atoms with Crippen molar-refractivity contribution in [3.63, 3.8) is 0 Å². The standard InChI is InChI=1S/C16H16N6S/c1-3-12-18-15(11-6-7-23-16(11)19-12)17-8-14-21-20-13-5-4-10(2)9-22(13)14/h4-7,9H,3,8H2,1-2H3,(H,17,18,19). The average molecular weight is 324 g/mol. The number of aromatic nitrogens is 5. The van der Waals surface area contributed by atoms with Gasteiger partial charge in [-0.3, -0.25) is 4.40 Å². The van der Waals surface area contributed by atoms with E-state index < -0.39 is 0 Å². The lowest BCUT2D eigenvalue weighted by Crippen LogP contribution is -2.07. The zero-order valence-corrected chi connectivity index (χ0v) is 13.8. The Morgan fingerprint density at radius 3 is 2.96 bits per heavy atom. The van der Waals surface area contributed by atoms with Crippen LogP contribution in [0.15, 0.2) is 29.8 Å². The van der Waals surface area contributed by atoms with Crippen LogP contribution in [0.3, 0.4) is 0 Å². The minimum absolute atomic E-state index is 0.565. The second-order valence-electron chi connectivity index (χ2n) is 5.39. The molecule has 7 heteroatoms. The highest BCUT2D eigenvalue weighted by molar-refractivity contribution is 7.16. The van der Waals surface area contributed by atoms with Crippen LogP contribution in [0.1, 0.15) is 24.1 Å². The van der Waals surface area contributed by atoms with Gasteiger partial charge in [0.2, 0.25) is 0 Å². The number of thiophene rings is 1. The predicted octanol–water partition coefficient (Wildman–Crippen LogP) is 3.22. The normalized spacial score (nSPS) is 11.4. The first-order valence-electron chi connectivity index (χ1n) is 7.53. The Morgan fingerprint density at radius 1 is 1.17 bits per heavy atom. The lowest BCUT2D eigenvalue weighted by molar-refractivity contribution is 0.900. The van der Waals surface area contributed by atoms with Gasteiger partial charge in [-0.25, -0.2) is 9.97 Å². The van der Waals surface area contributed by atoms with Gasteiger partial charge in [0.05, 0.1) is 11.9 Å². The van der Waals surface area contributed by atoms with Crippen molar-refractivity contribution in [2.24, 2.45) is 0 Å². The molecular formula is C16H16N6S. The van der Waals surface area contributed by atoms with E-state index in [-0.39, 0.29) is 0 Å². The van der Waals surface area contributed by atoms with E-state index in [4.69, 9.17) is 0 Å². The largest absolute Gasteiger partial charge is 0.362 e. The molecule has 4 rings (SSSR count). The van der Waals surface area contributed by atoms with Crippen LogP contribution in [0.2, 0.25) is 0 Å². The maximum Gasteiger partial charge on any atom is 0.160 e. The molecule has 116 valence electrons. The second kappa shape index (κ2) is 5.58. The number of hydrogen-bond donors (Lipinski definition) is 1. The number of nitrogens with one attached hydrogen (secondary N) is 1. The van der Waals surface area contributed by atoms with Crippen molar-refractivity contribution in [3.05, 3.63) is 47.0 Å². The van der Waals surface area contributed by atoms with Gasteiger partial charge in [-0.05, 0) is 30.0 Å². The van der Waals surface area contributed by atoms with E-state index >= 15 is 0 Å². The lowest BCUT2D eigenvalue weighted by atomic mass is 10.3. The van der Waals surface area contributed by atoms with Crippen LogP contribution in [0.5, 0.6) is 0 Å². The molecule has 0 aromatic carbocycles. The maximum atomic E-state index is 4.62. The second-order valence-corrected chi connectivity index (χ2v) is 6.28. The quantitative estimate of drug-likeness (QED) is 0.624. The van der Waals surface area contributed by atoms with Crippen LogP contribution < -0.4 is 5.32 Å². The van der Waals surface area contributed by atoms with Crippen molar-refractivity contribution >= 4 is 33.0 Å². The van der Waals surface area contributed by atoms with Crippen molar-refractivity contribution in [1.29, 1.82) is 0 Å². The molecule has 23 heavy (non-hydrogen) atoms. The summed E-state index contributed by atoms with van der Waals surface area (Å²) >= 11 is 1.63. The van der Waals surface area contributed by atoms with Gasteiger partial charge in [0, 0.05) is 12.6 Å². The molecule has 0 spiro atoms. The first kappa shape index (κ1) is 14.1.